The molecule has 0 unspecified atom stereocenters. The second-order valence-corrected chi connectivity index (χ2v) is 8.24. The van der Waals surface area contributed by atoms with Crippen molar-refractivity contribution in [3.63, 3.8) is 0 Å². The van der Waals surface area contributed by atoms with Crippen molar-refractivity contribution in [2.24, 2.45) is 0 Å². The van der Waals surface area contributed by atoms with Crippen molar-refractivity contribution < 1.29 is 0 Å². The summed E-state index contributed by atoms with van der Waals surface area (Å²) >= 11 is 14.4. The zero-order valence-corrected chi connectivity index (χ0v) is 17.5. The molecule has 0 spiro atoms. The van der Waals surface area contributed by atoms with Gasteiger partial charge in [0.2, 0.25) is 5.95 Å². The first kappa shape index (κ1) is 15.2. The Bertz CT molecular complexity index is 858. The van der Waals surface area contributed by atoms with Crippen LogP contribution in [0.1, 0.15) is 5.56 Å². The zero-order valence-electron chi connectivity index (χ0n) is 11.1. The maximum absolute atomic E-state index is 4.80. The molecule has 1 aliphatic rings. The normalized spacial score (nSPS) is 13.9. The van der Waals surface area contributed by atoms with E-state index in [4.69, 9.17) is 4.98 Å². The fourth-order valence-electron chi connectivity index (χ4n) is 2.77. The highest BCUT2D eigenvalue weighted by molar-refractivity contribution is 9.15. The van der Waals surface area contributed by atoms with Gasteiger partial charge in [-0.25, -0.2) is 4.98 Å². The van der Waals surface area contributed by atoms with Crippen LogP contribution in [0.5, 0.6) is 0 Å². The quantitative estimate of drug-likeness (QED) is 0.285. The molecule has 0 fully saturated rings. The number of imidazole rings is 1. The monoisotopic (exact) mass is 547 g/mol. The van der Waals surface area contributed by atoms with Gasteiger partial charge >= 0.3 is 0 Å². The average molecular weight is 551 g/mol. The third kappa shape index (κ3) is 2.20. The highest BCUT2D eigenvalue weighted by Crippen LogP contribution is 2.44. The van der Waals surface area contributed by atoms with Gasteiger partial charge in [0.15, 0.2) is 0 Å². The van der Waals surface area contributed by atoms with Crippen molar-refractivity contribution >= 4 is 86.4 Å². The fraction of sp³-hybridized carbons (Fsp3) is 0.133. The van der Waals surface area contributed by atoms with Gasteiger partial charge in [-0.15, -0.1) is 0 Å². The van der Waals surface area contributed by atoms with E-state index in [2.05, 4.69) is 97.9 Å². The Morgan fingerprint density at radius 2 is 1.68 bits per heavy atom. The van der Waals surface area contributed by atoms with Crippen molar-refractivity contribution in [2.75, 3.05) is 11.4 Å². The Morgan fingerprint density at radius 1 is 0.955 bits per heavy atom. The second-order valence-electron chi connectivity index (χ2n) is 5.07. The van der Waals surface area contributed by atoms with E-state index in [9.17, 15) is 0 Å². The summed E-state index contributed by atoms with van der Waals surface area (Å²) in [5, 5.41) is 0. The molecule has 1 N–H and O–H groups in total. The number of halogens is 4. The predicted molar refractivity (Wildman–Crippen MR) is 104 cm³/mol. The lowest BCUT2D eigenvalue weighted by Crippen LogP contribution is -2.14. The van der Waals surface area contributed by atoms with E-state index in [0.29, 0.717) is 0 Å². The Morgan fingerprint density at radius 3 is 2.50 bits per heavy atom. The Kier molecular flexibility index (Phi) is 3.87. The molecule has 1 aromatic heterocycles. The van der Waals surface area contributed by atoms with Gasteiger partial charge in [-0.1, -0.05) is 18.2 Å². The molecular formula is C15H9Br4N3. The van der Waals surface area contributed by atoms with E-state index in [-0.39, 0.29) is 0 Å². The van der Waals surface area contributed by atoms with Crippen LogP contribution < -0.4 is 4.90 Å². The lowest BCUT2D eigenvalue weighted by atomic mass is 10.2. The highest BCUT2D eigenvalue weighted by Gasteiger charge is 2.24. The molecule has 112 valence electrons. The summed E-state index contributed by atoms with van der Waals surface area (Å²) in [6.45, 7) is 0.941. The second kappa shape index (κ2) is 5.61. The molecule has 0 radical (unpaired) electrons. The van der Waals surface area contributed by atoms with Gasteiger partial charge in [0.25, 0.3) is 0 Å². The maximum Gasteiger partial charge on any atom is 0.208 e. The Hall–Kier alpha value is -0.370. The molecule has 0 bridgehead atoms. The van der Waals surface area contributed by atoms with E-state index in [1.54, 1.807) is 0 Å². The maximum atomic E-state index is 4.80. The number of benzene rings is 2. The molecule has 0 amide bonds. The van der Waals surface area contributed by atoms with Crippen LogP contribution in [0, 0.1) is 0 Å². The number of hydrogen-bond acceptors (Lipinski definition) is 2. The standard InChI is InChI=1S/C15H9Br4N3/c16-9-10(17)12(19)14-13(11(9)18)20-15(21-14)22-6-5-7-3-1-2-4-8(7)22/h1-4H,5-6H2,(H,20,21). The van der Waals surface area contributed by atoms with Crippen LogP contribution in [0.2, 0.25) is 0 Å². The summed E-state index contributed by atoms with van der Waals surface area (Å²) in [6, 6.07) is 8.48. The SMILES string of the molecule is Brc1c(Br)c(Br)c2[nH]c(N3CCc4ccccc43)nc2c1Br. The molecule has 2 heterocycles. The molecule has 0 atom stereocenters. The Balaban J connectivity index is 1.92. The van der Waals surface area contributed by atoms with Crippen LogP contribution in [-0.4, -0.2) is 16.5 Å². The van der Waals surface area contributed by atoms with E-state index in [1.165, 1.54) is 11.3 Å². The van der Waals surface area contributed by atoms with Gasteiger partial charge in [-0.2, -0.15) is 0 Å². The fourth-order valence-corrected chi connectivity index (χ4v) is 5.06. The van der Waals surface area contributed by atoms with Gasteiger partial charge in [-0.3, -0.25) is 0 Å². The van der Waals surface area contributed by atoms with Gasteiger partial charge in [0.1, 0.15) is 5.52 Å². The molecule has 22 heavy (non-hydrogen) atoms. The van der Waals surface area contributed by atoms with Crippen LogP contribution >= 0.6 is 63.7 Å². The third-order valence-corrected chi connectivity index (χ3v) is 8.59. The number of H-pyrrole nitrogens is 1. The van der Waals surface area contributed by atoms with Crippen LogP contribution in [0.4, 0.5) is 11.6 Å². The minimum atomic E-state index is 0.867. The molecule has 0 aliphatic carbocycles. The van der Waals surface area contributed by atoms with Gasteiger partial charge in [-0.05, 0) is 81.8 Å². The number of aromatic nitrogens is 2. The number of para-hydroxylation sites is 1. The first-order valence-corrected chi connectivity index (χ1v) is 9.82. The summed E-state index contributed by atoms with van der Waals surface area (Å²) in [6.07, 6.45) is 1.04. The van der Waals surface area contributed by atoms with E-state index >= 15 is 0 Å². The molecule has 0 saturated heterocycles. The number of nitrogens with one attached hydrogen (secondary N) is 1. The van der Waals surface area contributed by atoms with E-state index in [0.717, 1.165) is 47.8 Å². The topological polar surface area (TPSA) is 31.9 Å². The average Bonchev–Trinajstić information content (AvgIpc) is 3.14. The summed E-state index contributed by atoms with van der Waals surface area (Å²) in [5.41, 5.74) is 4.47. The van der Waals surface area contributed by atoms with Gasteiger partial charge in [0.05, 0.1) is 14.5 Å². The van der Waals surface area contributed by atoms with Crippen molar-refractivity contribution in [1.29, 1.82) is 0 Å². The number of nitrogens with zero attached hydrogens (tertiary/aromatic N) is 2. The molecule has 3 aromatic rings. The molecule has 1 aliphatic heterocycles. The first-order chi connectivity index (χ1) is 10.6. The molecule has 3 nitrogen and oxygen atoms in total. The number of aromatic amines is 1. The summed E-state index contributed by atoms with van der Waals surface area (Å²) in [4.78, 5) is 10.5. The molecule has 2 aromatic carbocycles. The molecule has 4 rings (SSSR count). The van der Waals surface area contributed by atoms with Crippen molar-refractivity contribution in [1.82, 2.24) is 9.97 Å². The molecular weight excluding hydrogens is 542 g/mol. The van der Waals surface area contributed by atoms with Gasteiger partial charge in [0, 0.05) is 21.2 Å². The summed E-state index contributed by atoms with van der Waals surface area (Å²) in [7, 11) is 0. The minimum Gasteiger partial charge on any atom is -0.323 e. The lowest BCUT2D eigenvalue weighted by Gasteiger charge is -2.15. The largest absolute Gasteiger partial charge is 0.323 e. The van der Waals surface area contributed by atoms with Crippen LogP contribution in [0.3, 0.4) is 0 Å². The summed E-state index contributed by atoms with van der Waals surface area (Å²) < 4.78 is 3.81. The minimum absolute atomic E-state index is 0.867. The van der Waals surface area contributed by atoms with E-state index in [1.807, 2.05) is 0 Å². The number of anilines is 2. The van der Waals surface area contributed by atoms with Gasteiger partial charge < -0.3 is 9.88 Å². The first-order valence-electron chi connectivity index (χ1n) is 6.65. The highest BCUT2D eigenvalue weighted by atomic mass is 79.9. The molecule has 7 heteroatoms. The van der Waals surface area contributed by atoms with Crippen molar-refractivity contribution in [3.8, 4) is 0 Å². The zero-order chi connectivity index (χ0) is 15.4. The lowest BCUT2D eigenvalue weighted by molar-refractivity contribution is 0.962. The van der Waals surface area contributed by atoms with Crippen molar-refractivity contribution in [3.05, 3.63) is 47.7 Å². The van der Waals surface area contributed by atoms with Crippen LogP contribution in [-0.2, 0) is 6.42 Å². The number of hydrogen-bond donors (Lipinski definition) is 1. The van der Waals surface area contributed by atoms with Crippen LogP contribution in [0.15, 0.2) is 42.2 Å². The molecule has 0 saturated carbocycles. The smallest absolute Gasteiger partial charge is 0.208 e. The van der Waals surface area contributed by atoms with Crippen molar-refractivity contribution in [2.45, 2.75) is 6.42 Å². The number of fused-ring (bicyclic) bond motifs is 2. The third-order valence-electron chi connectivity index (χ3n) is 3.84. The Labute approximate surface area is 161 Å². The number of rotatable bonds is 1. The summed E-state index contributed by atoms with van der Waals surface area (Å²) in [5.74, 6) is 0.867. The predicted octanol–water partition coefficient (Wildman–Crippen LogP) is 6.31. The van der Waals surface area contributed by atoms with Crippen LogP contribution in [0.25, 0.3) is 11.0 Å². The van der Waals surface area contributed by atoms with E-state index < -0.39 is 0 Å².